The van der Waals surface area contributed by atoms with Crippen molar-refractivity contribution in [3.8, 4) is 0 Å². The number of alkyl halides is 2. The number of hydrogen-bond donors (Lipinski definition) is 1. The number of aliphatic hydroxyl groups excluding tert-OH is 1. The molecule has 0 atom stereocenters. The van der Waals surface area contributed by atoms with Gasteiger partial charge in [-0.05, 0) is 18.8 Å². The zero-order valence-corrected chi connectivity index (χ0v) is 8.66. The molecule has 0 bridgehead atoms. The molecule has 0 spiro atoms. The SMILES string of the molecule is O=C(CC1CCC1)N(CCO)CC(F)F. The second-order valence-electron chi connectivity index (χ2n) is 3.96. The molecule has 0 aromatic carbocycles. The van der Waals surface area contributed by atoms with E-state index in [1.54, 1.807) is 0 Å². The van der Waals surface area contributed by atoms with E-state index in [0.717, 1.165) is 24.2 Å². The number of aliphatic hydroxyl groups is 1. The van der Waals surface area contributed by atoms with Crippen molar-refractivity contribution in [1.82, 2.24) is 4.90 Å². The molecule has 3 nitrogen and oxygen atoms in total. The third-order valence-electron chi connectivity index (χ3n) is 2.77. The van der Waals surface area contributed by atoms with Crippen molar-refractivity contribution in [2.24, 2.45) is 5.92 Å². The van der Waals surface area contributed by atoms with Crippen LogP contribution in [-0.2, 0) is 4.79 Å². The molecule has 1 saturated carbocycles. The Morgan fingerprint density at radius 3 is 2.53 bits per heavy atom. The predicted octanol–water partition coefficient (Wildman–Crippen LogP) is 1.26. The minimum atomic E-state index is -2.53. The molecular formula is C10H17F2NO2. The van der Waals surface area contributed by atoms with Crippen LogP contribution in [0.1, 0.15) is 25.7 Å². The van der Waals surface area contributed by atoms with Gasteiger partial charge in [-0.15, -0.1) is 0 Å². The molecule has 0 aromatic rings. The number of carbonyl (C=O) groups excluding carboxylic acids is 1. The molecule has 15 heavy (non-hydrogen) atoms. The minimum Gasteiger partial charge on any atom is -0.395 e. The summed E-state index contributed by atoms with van der Waals surface area (Å²) in [7, 11) is 0. The molecule has 0 aromatic heterocycles. The highest BCUT2D eigenvalue weighted by atomic mass is 19.3. The number of amides is 1. The second kappa shape index (κ2) is 6.00. The molecule has 1 amide bonds. The molecule has 0 radical (unpaired) electrons. The first kappa shape index (κ1) is 12.4. The number of nitrogens with zero attached hydrogens (tertiary/aromatic N) is 1. The second-order valence-corrected chi connectivity index (χ2v) is 3.96. The summed E-state index contributed by atoms with van der Waals surface area (Å²) in [5.41, 5.74) is 0. The number of halogens is 2. The fourth-order valence-electron chi connectivity index (χ4n) is 1.68. The van der Waals surface area contributed by atoms with Gasteiger partial charge < -0.3 is 10.0 Å². The van der Waals surface area contributed by atoms with Gasteiger partial charge in [0.2, 0.25) is 5.91 Å². The van der Waals surface area contributed by atoms with Gasteiger partial charge in [0.05, 0.1) is 13.2 Å². The van der Waals surface area contributed by atoms with Crippen molar-refractivity contribution < 1.29 is 18.7 Å². The van der Waals surface area contributed by atoms with E-state index in [9.17, 15) is 13.6 Å². The van der Waals surface area contributed by atoms with Crippen molar-refractivity contribution >= 4 is 5.91 Å². The topological polar surface area (TPSA) is 40.5 Å². The smallest absolute Gasteiger partial charge is 0.255 e. The van der Waals surface area contributed by atoms with Gasteiger partial charge in [0.1, 0.15) is 0 Å². The van der Waals surface area contributed by atoms with Gasteiger partial charge in [0.25, 0.3) is 6.43 Å². The Morgan fingerprint density at radius 1 is 1.47 bits per heavy atom. The summed E-state index contributed by atoms with van der Waals surface area (Å²) in [6.45, 7) is -0.814. The van der Waals surface area contributed by atoms with Crippen molar-refractivity contribution in [3.63, 3.8) is 0 Å². The molecule has 1 fully saturated rings. The van der Waals surface area contributed by atoms with Crippen molar-refractivity contribution in [1.29, 1.82) is 0 Å². The zero-order chi connectivity index (χ0) is 11.3. The molecule has 0 unspecified atom stereocenters. The summed E-state index contributed by atoms with van der Waals surface area (Å²) >= 11 is 0. The highest BCUT2D eigenvalue weighted by molar-refractivity contribution is 5.76. The molecule has 1 aliphatic rings. The molecule has 88 valence electrons. The standard InChI is InChI=1S/C10H17F2NO2/c11-9(12)7-13(4-5-14)10(15)6-8-2-1-3-8/h8-9,14H,1-7H2. The monoisotopic (exact) mass is 221 g/mol. The largest absolute Gasteiger partial charge is 0.395 e. The molecule has 1 rings (SSSR count). The first-order valence-corrected chi connectivity index (χ1v) is 5.30. The van der Waals surface area contributed by atoms with Gasteiger partial charge in [0, 0.05) is 13.0 Å². The van der Waals surface area contributed by atoms with Gasteiger partial charge in [-0.1, -0.05) is 6.42 Å². The summed E-state index contributed by atoms with van der Waals surface area (Å²) in [4.78, 5) is 12.6. The Balaban J connectivity index is 2.34. The Labute approximate surface area is 88.1 Å². The molecule has 0 saturated heterocycles. The lowest BCUT2D eigenvalue weighted by molar-refractivity contribution is -0.135. The van der Waals surface area contributed by atoms with E-state index in [4.69, 9.17) is 5.11 Å². The number of carbonyl (C=O) groups is 1. The van der Waals surface area contributed by atoms with E-state index in [1.165, 1.54) is 0 Å². The van der Waals surface area contributed by atoms with Crippen LogP contribution in [0, 0.1) is 5.92 Å². The lowest BCUT2D eigenvalue weighted by Crippen LogP contribution is -2.38. The molecule has 1 aliphatic carbocycles. The van der Waals surface area contributed by atoms with E-state index in [0.29, 0.717) is 12.3 Å². The first-order chi connectivity index (χ1) is 7.13. The van der Waals surface area contributed by atoms with Crippen LogP contribution in [0.3, 0.4) is 0 Å². The summed E-state index contributed by atoms with van der Waals surface area (Å²) in [5, 5.41) is 8.66. The van der Waals surface area contributed by atoms with Gasteiger partial charge in [-0.2, -0.15) is 0 Å². The maximum absolute atomic E-state index is 12.1. The fourth-order valence-corrected chi connectivity index (χ4v) is 1.68. The third kappa shape index (κ3) is 4.11. The van der Waals surface area contributed by atoms with Crippen LogP contribution in [0.25, 0.3) is 0 Å². The van der Waals surface area contributed by atoms with Crippen molar-refractivity contribution in [2.45, 2.75) is 32.1 Å². The summed E-state index contributed by atoms with van der Waals surface area (Å²) in [6, 6.07) is 0. The molecule has 0 aliphatic heterocycles. The van der Waals surface area contributed by atoms with E-state index >= 15 is 0 Å². The van der Waals surface area contributed by atoms with Crippen LogP contribution in [0.4, 0.5) is 8.78 Å². The first-order valence-electron chi connectivity index (χ1n) is 5.30. The van der Waals surface area contributed by atoms with Crippen molar-refractivity contribution in [2.75, 3.05) is 19.7 Å². The number of hydrogen-bond acceptors (Lipinski definition) is 2. The summed E-state index contributed by atoms with van der Waals surface area (Å²) in [6.07, 6.45) is 1.00. The Hall–Kier alpha value is -0.710. The van der Waals surface area contributed by atoms with Crippen LogP contribution < -0.4 is 0 Å². The molecular weight excluding hydrogens is 204 g/mol. The summed E-state index contributed by atoms with van der Waals surface area (Å²) < 4.78 is 24.3. The highest BCUT2D eigenvalue weighted by Crippen LogP contribution is 2.29. The van der Waals surface area contributed by atoms with E-state index in [1.807, 2.05) is 0 Å². The van der Waals surface area contributed by atoms with Crippen LogP contribution in [0.15, 0.2) is 0 Å². The van der Waals surface area contributed by atoms with E-state index in [2.05, 4.69) is 0 Å². The predicted molar refractivity (Wildman–Crippen MR) is 51.6 cm³/mol. The Morgan fingerprint density at radius 2 is 2.13 bits per heavy atom. The average Bonchev–Trinajstić information content (AvgIpc) is 2.09. The lowest BCUT2D eigenvalue weighted by Gasteiger charge is -2.28. The van der Waals surface area contributed by atoms with Gasteiger partial charge in [-0.25, -0.2) is 8.78 Å². The highest BCUT2D eigenvalue weighted by Gasteiger charge is 2.24. The van der Waals surface area contributed by atoms with Gasteiger partial charge >= 0.3 is 0 Å². The van der Waals surface area contributed by atoms with Gasteiger partial charge in [-0.3, -0.25) is 4.79 Å². The molecule has 0 heterocycles. The van der Waals surface area contributed by atoms with Gasteiger partial charge in [0.15, 0.2) is 0 Å². The normalized spacial score (nSPS) is 16.5. The molecule has 1 N–H and O–H groups in total. The molecule has 5 heteroatoms. The van der Waals surface area contributed by atoms with Crippen LogP contribution >= 0.6 is 0 Å². The quantitative estimate of drug-likeness (QED) is 0.733. The van der Waals surface area contributed by atoms with Crippen LogP contribution in [0.2, 0.25) is 0 Å². The average molecular weight is 221 g/mol. The van der Waals surface area contributed by atoms with Crippen LogP contribution in [-0.4, -0.2) is 42.0 Å². The lowest BCUT2D eigenvalue weighted by atomic mass is 9.82. The Bertz CT molecular complexity index is 208. The van der Waals surface area contributed by atoms with E-state index < -0.39 is 13.0 Å². The number of rotatable bonds is 6. The summed E-state index contributed by atoms with van der Waals surface area (Å²) in [5.74, 6) is 0.116. The fraction of sp³-hybridized carbons (Fsp3) is 0.900. The Kier molecular flexibility index (Phi) is 4.94. The maximum Gasteiger partial charge on any atom is 0.255 e. The third-order valence-corrected chi connectivity index (χ3v) is 2.77. The van der Waals surface area contributed by atoms with E-state index in [-0.39, 0.29) is 19.1 Å². The zero-order valence-electron chi connectivity index (χ0n) is 8.66. The maximum atomic E-state index is 12.1. The van der Waals surface area contributed by atoms with Crippen molar-refractivity contribution in [3.05, 3.63) is 0 Å². The minimum absolute atomic E-state index is 0.00981. The van der Waals surface area contributed by atoms with Crippen LogP contribution in [0.5, 0.6) is 0 Å².